The Balaban J connectivity index is 2.42. The molecule has 0 spiro atoms. The van der Waals surface area contributed by atoms with E-state index in [0.717, 1.165) is 46.1 Å². The van der Waals surface area contributed by atoms with Gasteiger partial charge >= 0.3 is 249 Å². The van der Waals surface area contributed by atoms with Crippen LogP contribution in [0, 0.1) is 13.8 Å². The monoisotopic (exact) mass is 644 g/mol. The summed E-state index contributed by atoms with van der Waals surface area (Å²) in [4.78, 5) is 0. The molecule has 0 atom stereocenters. The van der Waals surface area contributed by atoms with Crippen molar-refractivity contribution in [2.24, 2.45) is 0 Å². The molecule has 0 saturated carbocycles. The van der Waals surface area contributed by atoms with Gasteiger partial charge in [0.25, 0.3) is 0 Å². The summed E-state index contributed by atoms with van der Waals surface area (Å²) >= 11 is -3.58. The summed E-state index contributed by atoms with van der Waals surface area (Å²) in [7, 11) is 0. The predicted octanol–water partition coefficient (Wildman–Crippen LogP) is 11.8. The number of benzene rings is 2. The van der Waals surface area contributed by atoms with Gasteiger partial charge in [0.15, 0.2) is 0 Å². The third-order valence-electron chi connectivity index (χ3n) is 8.15. The third kappa shape index (κ3) is 12.1. The van der Waals surface area contributed by atoms with Gasteiger partial charge in [-0.25, -0.2) is 0 Å². The van der Waals surface area contributed by atoms with Crippen LogP contribution in [0.25, 0.3) is 0 Å². The maximum atomic E-state index is 7.39. The molecule has 0 heterocycles. The zero-order valence-corrected chi connectivity index (χ0v) is 29.4. The van der Waals surface area contributed by atoms with E-state index < -0.39 is 19.2 Å². The molecule has 39 heavy (non-hydrogen) atoms. The molecule has 0 radical (unpaired) electrons. The first-order valence-corrected chi connectivity index (χ1v) is 22.9. The Labute approximate surface area is 247 Å². The summed E-state index contributed by atoms with van der Waals surface area (Å²) in [5.41, 5.74) is 5.51. The van der Waals surface area contributed by atoms with Crippen LogP contribution < -0.4 is 6.15 Å². The van der Waals surface area contributed by atoms with Gasteiger partial charge in [0.2, 0.25) is 0 Å². The Morgan fingerprint density at radius 3 is 1.26 bits per heavy atom. The van der Waals surface area contributed by atoms with E-state index in [-0.39, 0.29) is 0 Å². The fourth-order valence-electron chi connectivity index (χ4n) is 5.78. The molecule has 0 N–H and O–H groups in total. The number of unbranched alkanes of at least 4 members (excludes halogenated alkanes) is 10. The van der Waals surface area contributed by atoms with Gasteiger partial charge in [-0.05, 0) is 0 Å². The molecule has 3 heteroatoms. The molecular formula is C36H60O2Sn. The summed E-state index contributed by atoms with van der Waals surface area (Å²) in [6, 6.07) is 13.3. The van der Waals surface area contributed by atoms with Gasteiger partial charge in [-0.2, -0.15) is 0 Å². The van der Waals surface area contributed by atoms with Gasteiger partial charge in [-0.1, -0.05) is 0 Å². The Morgan fingerprint density at radius 1 is 0.487 bits per heavy atom. The van der Waals surface area contributed by atoms with Crippen LogP contribution in [-0.2, 0) is 12.8 Å². The van der Waals surface area contributed by atoms with Gasteiger partial charge in [0.1, 0.15) is 0 Å². The molecule has 0 bridgehead atoms. The summed E-state index contributed by atoms with van der Waals surface area (Å²) in [6.07, 6.45) is 20.2. The molecule has 2 aromatic rings. The Morgan fingerprint density at radius 2 is 0.872 bits per heavy atom. The molecule has 0 aliphatic rings. The Bertz CT molecular complexity index is 847. The first kappa shape index (κ1) is 34.0. The third-order valence-corrected chi connectivity index (χ3v) is 17.9. The predicted molar refractivity (Wildman–Crippen MR) is 174 cm³/mol. The molecule has 0 aliphatic heterocycles. The number of rotatable bonds is 22. The van der Waals surface area contributed by atoms with E-state index in [0.29, 0.717) is 0 Å². The van der Waals surface area contributed by atoms with Crippen LogP contribution in [0.2, 0.25) is 8.87 Å². The van der Waals surface area contributed by atoms with Crippen molar-refractivity contribution in [1.29, 1.82) is 0 Å². The maximum absolute atomic E-state index is 7.39. The second-order valence-electron chi connectivity index (χ2n) is 11.8. The molecule has 2 rings (SSSR count). The minimum atomic E-state index is -3.58. The normalized spacial score (nSPS) is 11.6. The van der Waals surface area contributed by atoms with Crippen LogP contribution in [0.15, 0.2) is 36.4 Å². The molecule has 2 nitrogen and oxygen atoms in total. The van der Waals surface area contributed by atoms with Crippen LogP contribution in [0.5, 0.6) is 11.5 Å². The molecule has 0 aliphatic carbocycles. The van der Waals surface area contributed by atoms with E-state index in [2.05, 4.69) is 77.9 Å². The van der Waals surface area contributed by atoms with Crippen molar-refractivity contribution in [2.75, 3.05) is 0 Å². The minimum absolute atomic E-state index is 1.07. The standard InChI is InChI=1S/2C10H14O.2C8H17.Sn/c2*1-3-5-9-8(2)6-4-7-10(9)11;2*1-3-5-7-8-6-4-2;/h2*4,6-7,11H,3,5H2,1-2H3;2*1,3-8H2,2H3;/q;;;;+2/p-2. The van der Waals surface area contributed by atoms with Crippen molar-refractivity contribution in [3.63, 3.8) is 0 Å². The topological polar surface area (TPSA) is 18.5 Å². The van der Waals surface area contributed by atoms with Crippen molar-refractivity contribution >= 4 is 19.2 Å². The van der Waals surface area contributed by atoms with E-state index in [1.807, 2.05) is 0 Å². The molecule has 0 unspecified atom stereocenters. The van der Waals surface area contributed by atoms with Gasteiger partial charge < -0.3 is 0 Å². The van der Waals surface area contributed by atoms with E-state index in [9.17, 15) is 0 Å². The van der Waals surface area contributed by atoms with Crippen molar-refractivity contribution in [3.05, 3.63) is 58.7 Å². The number of aryl methyl sites for hydroxylation is 2. The number of hydrogen-bond acceptors (Lipinski definition) is 2. The first-order chi connectivity index (χ1) is 19.0. The quantitative estimate of drug-likeness (QED) is 0.0939. The zero-order valence-electron chi connectivity index (χ0n) is 26.5. The van der Waals surface area contributed by atoms with Crippen molar-refractivity contribution < 1.29 is 6.15 Å². The molecule has 0 amide bonds. The molecule has 220 valence electrons. The molecule has 0 fully saturated rings. The summed E-state index contributed by atoms with van der Waals surface area (Å²) in [5.74, 6) is 2.24. The van der Waals surface area contributed by atoms with E-state index in [1.165, 1.54) is 99.3 Å². The SMILES string of the molecule is CCCCCCC[CH2][Sn]([CH2]CCCCCCC)([O]c1cccc(C)c1CCC)[O]c1cccc(C)c1CCC. The van der Waals surface area contributed by atoms with Crippen molar-refractivity contribution in [2.45, 2.75) is 153 Å². The first-order valence-electron chi connectivity index (χ1n) is 16.5. The average Bonchev–Trinajstić information content (AvgIpc) is 2.92. The van der Waals surface area contributed by atoms with Crippen molar-refractivity contribution in [1.82, 2.24) is 0 Å². The average molecular weight is 644 g/mol. The molecular weight excluding hydrogens is 583 g/mol. The van der Waals surface area contributed by atoms with Gasteiger partial charge in [0.05, 0.1) is 0 Å². The van der Waals surface area contributed by atoms with Gasteiger partial charge in [-0.3, -0.25) is 0 Å². The van der Waals surface area contributed by atoms with Gasteiger partial charge in [0, 0.05) is 0 Å². The van der Waals surface area contributed by atoms with Crippen molar-refractivity contribution in [3.8, 4) is 11.5 Å². The summed E-state index contributed by atoms with van der Waals surface area (Å²) in [6.45, 7) is 13.7. The molecule has 2 aromatic carbocycles. The molecule has 0 aromatic heterocycles. The van der Waals surface area contributed by atoms with Crippen LogP contribution in [0.3, 0.4) is 0 Å². The Kier molecular flexibility index (Phi) is 17.3. The number of hydrogen-bond donors (Lipinski definition) is 0. The second kappa shape index (κ2) is 19.8. The van der Waals surface area contributed by atoms with E-state index in [4.69, 9.17) is 6.15 Å². The van der Waals surface area contributed by atoms with E-state index >= 15 is 0 Å². The fourth-order valence-corrected chi connectivity index (χ4v) is 15.7. The fraction of sp³-hybridized carbons (Fsp3) is 0.667. The van der Waals surface area contributed by atoms with Crippen LogP contribution >= 0.6 is 0 Å². The summed E-state index contributed by atoms with van der Waals surface area (Å²) < 4.78 is 17.1. The summed E-state index contributed by atoms with van der Waals surface area (Å²) in [5, 5.41) is 0. The zero-order chi connectivity index (χ0) is 28.3. The molecule has 0 saturated heterocycles. The Hall–Kier alpha value is -1.16. The van der Waals surface area contributed by atoms with E-state index in [1.54, 1.807) is 0 Å². The van der Waals surface area contributed by atoms with Crippen LogP contribution in [0.1, 0.15) is 140 Å². The van der Waals surface area contributed by atoms with Crippen LogP contribution in [-0.4, -0.2) is 19.2 Å². The van der Waals surface area contributed by atoms with Crippen LogP contribution in [0.4, 0.5) is 0 Å². The van der Waals surface area contributed by atoms with Gasteiger partial charge in [-0.15, -0.1) is 0 Å². The second-order valence-corrected chi connectivity index (χ2v) is 21.0.